The second-order valence-corrected chi connectivity index (χ2v) is 4.03. The minimum absolute atomic E-state index is 0.0891. The predicted molar refractivity (Wildman–Crippen MR) is 61.5 cm³/mol. The van der Waals surface area contributed by atoms with Crippen molar-refractivity contribution in [2.45, 2.75) is 0 Å². The summed E-state index contributed by atoms with van der Waals surface area (Å²) in [6.07, 6.45) is 0. The third kappa shape index (κ3) is 4.68. The van der Waals surface area contributed by atoms with E-state index < -0.39 is 10.4 Å². The molecule has 0 unspecified atom stereocenters. The van der Waals surface area contributed by atoms with Gasteiger partial charge in [0.15, 0.2) is 0 Å². The molecular formula is C10H10O6S. The highest BCUT2D eigenvalue weighted by Crippen LogP contribution is 2.28. The first-order valence-electron chi connectivity index (χ1n) is 4.38. The van der Waals surface area contributed by atoms with Gasteiger partial charge in [0.25, 0.3) is 0 Å². The molecule has 0 atom stereocenters. The van der Waals surface area contributed by atoms with Gasteiger partial charge in [0.05, 0.1) is 0 Å². The van der Waals surface area contributed by atoms with Crippen LogP contribution in [-0.4, -0.2) is 27.7 Å². The second kappa shape index (κ2) is 5.00. The third-order valence-corrected chi connectivity index (χ3v) is 1.82. The number of benzene rings is 2. The van der Waals surface area contributed by atoms with Crippen molar-refractivity contribution >= 4 is 21.2 Å². The van der Waals surface area contributed by atoms with Gasteiger partial charge in [0, 0.05) is 11.5 Å². The van der Waals surface area contributed by atoms with Gasteiger partial charge in [-0.15, -0.1) is 0 Å². The maximum Gasteiger partial charge on any atom is 0.394 e. The van der Waals surface area contributed by atoms with E-state index in [4.69, 9.17) is 22.6 Å². The van der Waals surface area contributed by atoms with Crippen molar-refractivity contribution in [2.24, 2.45) is 0 Å². The molecule has 0 aliphatic carbocycles. The highest BCUT2D eigenvalue weighted by atomic mass is 32.3. The van der Waals surface area contributed by atoms with Crippen LogP contribution in [0.3, 0.4) is 0 Å². The Labute approximate surface area is 97.3 Å². The Bertz CT molecular complexity index is 612. The van der Waals surface area contributed by atoms with E-state index >= 15 is 0 Å². The van der Waals surface area contributed by atoms with Crippen LogP contribution in [0, 0.1) is 0 Å². The number of hydrogen-bond acceptors (Lipinski definition) is 4. The molecule has 0 radical (unpaired) electrons. The zero-order valence-corrected chi connectivity index (χ0v) is 9.29. The van der Waals surface area contributed by atoms with Gasteiger partial charge in [-0.25, -0.2) is 0 Å². The molecule has 17 heavy (non-hydrogen) atoms. The van der Waals surface area contributed by atoms with Crippen molar-refractivity contribution < 1.29 is 27.7 Å². The topological polar surface area (TPSA) is 115 Å². The van der Waals surface area contributed by atoms with E-state index in [1.54, 1.807) is 6.07 Å². The van der Waals surface area contributed by atoms with Gasteiger partial charge in [0.2, 0.25) is 0 Å². The fourth-order valence-corrected chi connectivity index (χ4v) is 1.27. The molecule has 0 fully saturated rings. The molecule has 2 aromatic rings. The highest BCUT2D eigenvalue weighted by Gasteiger charge is 1.99. The predicted octanol–water partition coefficient (Wildman–Crippen LogP) is 1.60. The van der Waals surface area contributed by atoms with Gasteiger partial charge in [-0.05, 0) is 11.5 Å². The summed E-state index contributed by atoms with van der Waals surface area (Å²) in [6.45, 7) is 0. The summed E-state index contributed by atoms with van der Waals surface area (Å²) >= 11 is 0. The summed E-state index contributed by atoms with van der Waals surface area (Å²) in [5.74, 6) is 0.205. The molecule has 4 N–H and O–H groups in total. The molecule has 0 saturated carbocycles. The lowest BCUT2D eigenvalue weighted by Crippen LogP contribution is -1.89. The first-order valence-corrected chi connectivity index (χ1v) is 5.77. The molecule has 0 aliphatic rings. The first kappa shape index (κ1) is 13.2. The summed E-state index contributed by atoms with van der Waals surface area (Å²) in [7, 11) is -4.67. The molecule has 92 valence electrons. The van der Waals surface area contributed by atoms with Crippen LogP contribution in [0.15, 0.2) is 36.4 Å². The van der Waals surface area contributed by atoms with Crippen LogP contribution in [0.25, 0.3) is 10.8 Å². The Kier molecular flexibility index (Phi) is 3.89. The molecule has 0 saturated heterocycles. The minimum atomic E-state index is -4.67. The smallest absolute Gasteiger partial charge is 0.394 e. The van der Waals surface area contributed by atoms with Gasteiger partial charge >= 0.3 is 10.4 Å². The SMILES string of the molecule is O=S(=O)(O)O.Oc1cc(O)c2ccccc2c1. The molecular weight excluding hydrogens is 248 g/mol. The largest absolute Gasteiger partial charge is 0.508 e. The summed E-state index contributed by atoms with van der Waals surface area (Å²) in [6, 6.07) is 10.3. The van der Waals surface area contributed by atoms with E-state index in [-0.39, 0.29) is 11.5 Å². The lowest BCUT2D eigenvalue weighted by Gasteiger charge is -2.00. The second-order valence-electron chi connectivity index (χ2n) is 3.13. The number of rotatable bonds is 0. The van der Waals surface area contributed by atoms with Gasteiger partial charge in [-0.3, -0.25) is 9.11 Å². The zero-order chi connectivity index (χ0) is 13.1. The Morgan fingerprint density at radius 2 is 1.47 bits per heavy atom. The van der Waals surface area contributed by atoms with Crippen molar-refractivity contribution in [3.63, 3.8) is 0 Å². The monoisotopic (exact) mass is 258 g/mol. The van der Waals surface area contributed by atoms with Gasteiger partial charge < -0.3 is 10.2 Å². The molecule has 0 spiro atoms. The molecule has 2 aromatic carbocycles. The lowest BCUT2D eigenvalue weighted by molar-refractivity contribution is 0.381. The minimum Gasteiger partial charge on any atom is -0.508 e. The van der Waals surface area contributed by atoms with Crippen LogP contribution in [0.5, 0.6) is 11.5 Å². The standard InChI is InChI=1S/C10H8O2.H2O4S/c11-8-5-7-3-1-2-4-9(7)10(12)6-8;1-5(2,3)4/h1-6,11-12H;(H2,1,2,3,4). The molecule has 2 rings (SSSR count). The zero-order valence-electron chi connectivity index (χ0n) is 8.48. The summed E-state index contributed by atoms with van der Waals surface area (Å²) in [4.78, 5) is 0. The quantitative estimate of drug-likeness (QED) is 0.533. The van der Waals surface area contributed by atoms with Crippen LogP contribution in [-0.2, 0) is 10.4 Å². The Hall–Kier alpha value is -1.83. The fraction of sp³-hybridized carbons (Fsp3) is 0. The van der Waals surface area contributed by atoms with E-state index in [1.807, 2.05) is 24.3 Å². The molecule has 0 bridgehead atoms. The van der Waals surface area contributed by atoms with E-state index in [1.165, 1.54) is 6.07 Å². The van der Waals surface area contributed by atoms with E-state index in [9.17, 15) is 5.11 Å². The Morgan fingerprint density at radius 3 is 2.06 bits per heavy atom. The van der Waals surface area contributed by atoms with E-state index in [0.29, 0.717) is 0 Å². The average molecular weight is 258 g/mol. The lowest BCUT2D eigenvalue weighted by atomic mass is 10.1. The van der Waals surface area contributed by atoms with E-state index in [0.717, 1.165) is 10.8 Å². The Balaban J connectivity index is 0.000000249. The number of phenolic OH excluding ortho intramolecular Hbond substituents is 2. The fourth-order valence-electron chi connectivity index (χ4n) is 1.27. The van der Waals surface area contributed by atoms with Crippen LogP contribution in [0.4, 0.5) is 0 Å². The number of hydrogen-bond donors (Lipinski definition) is 4. The maximum atomic E-state index is 9.39. The molecule has 0 amide bonds. The first-order chi connectivity index (χ1) is 7.77. The van der Waals surface area contributed by atoms with Crippen molar-refractivity contribution in [3.8, 4) is 11.5 Å². The van der Waals surface area contributed by atoms with Crippen molar-refractivity contribution in [2.75, 3.05) is 0 Å². The van der Waals surface area contributed by atoms with Crippen LogP contribution >= 0.6 is 0 Å². The molecule has 0 aliphatic heterocycles. The maximum absolute atomic E-state index is 9.39. The van der Waals surface area contributed by atoms with Gasteiger partial charge in [-0.2, -0.15) is 8.42 Å². The third-order valence-electron chi connectivity index (χ3n) is 1.82. The average Bonchev–Trinajstić information content (AvgIpc) is 2.14. The van der Waals surface area contributed by atoms with Crippen LogP contribution in [0.1, 0.15) is 0 Å². The number of aromatic hydroxyl groups is 2. The number of phenols is 2. The van der Waals surface area contributed by atoms with Crippen LogP contribution in [0.2, 0.25) is 0 Å². The normalized spacial score (nSPS) is 10.7. The summed E-state index contributed by atoms with van der Waals surface area (Å²) in [5, 5.41) is 20.1. The highest BCUT2D eigenvalue weighted by molar-refractivity contribution is 7.79. The molecule has 6 nitrogen and oxygen atoms in total. The Morgan fingerprint density at radius 1 is 0.941 bits per heavy atom. The summed E-state index contributed by atoms with van der Waals surface area (Å²) < 4.78 is 31.6. The van der Waals surface area contributed by atoms with Gasteiger partial charge in [0.1, 0.15) is 11.5 Å². The van der Waals surface area contributed by atoms with Crippen molar-refractivity contribution in [1.82, 2.24) is 0 Å². The molecule has 0 aromatic heterocycles. The molecule has 0 heterocycles. The van der Waals surface area contributed by atoms with Crippen molar-refractivity contribution in [1.29, 1.82) is 0 Å². The van der Waals surface area contributed by atoms with Gasteiger partial charge in [-0.1, -0.05) is 24.3 Å². The summed E-state index contributed by atoms with van der Waals surface area (Å²) in [5.41, 5.74) is 0. The van der Waals surface area contributed by atoms with E-state index in [2.05, 4.69) is 0 Å². The number of fused-ring (bicyclic) bond motifs is 1. The van der Waals surface area contributed by atoms with Crippen LogP contribution < -0.4 is 0 Å². The molecule has 7 heteroatoms. The van der Waals surface area contributed by atoms with Crippen molar-refractivity contribution in [3.05, 3.63) is 36.4 Å².